The molecule has 14 heavy (non-hydrogen) atoms. The molecule has 0 atom stereocenters. The first-order chi connectivity index (χ1) is 6.70. The van der Waals surface area contributed by atoms with Crippen molar-refractivity contribution in [2.75, 3.05) is 5.73 Å². The van der Waals surface area contributed by atoms with Crippen molar-refractivity contribution in [3.8, 4) is 0 Å². The van der Waals surface area contributed by atoms with Crippen LogP contribution in [0.5, 0.6) is 0 Å². The lowest BCUT2D eigenvalue weighted by Gasteiger charge is -2.06. The number of nitrogen functional groups attached to an aromatic ring is 1. The number of nitrogens with two attached hydrogens (primary N) is 1. The van der Waals surface area contributed by atoms with Crippen molar-refractivity contribution in [2.24, 2.45) is 0 Å². The van der Waals surface area contributed by atoms with Crippen LogP contribution >= 0.6 is 0 Å². The molecule has 0 spiro atoms. The van der Waals surface area contributed by atoms with E-state index in [9.17, 15) is 0 Å². The first-order valence-corrected chi connectivity index (χ1v) is 4.18. The molecule has 0 aliphatic rings. The largest absolute Gasteiger partial charge is 0.489 e. The van der Waals surface area contributed by atoms with Crippen LogP contribution in [0.3, 0.4) is 0 Å². The predicted octanol–water partition coefficient (Wildman–Crippen LogP) is -0.503. The molecule has 1 aromatic carbocycles. The van der Waals surface area contributed by atoms with E-state index in [0.717, 1.165) is 5.39 Å². The van der Waals surface area contributed by atoms with E-state index in [2.05, 4.69) is 4.98 Å². The number of anilines is 1. The van der Waals surface area contributed by atoms with Gasteiger partial charge >= 0.3 is 7.12 Å². The molecule has 0 saturated heterocycles. The maximum Gasteiger partial charge on any atom is 0.489 e. The highest BCUT2D eigenvalue weighted by molar-refractivity contribution is 6.62. The molecule has 4 nitrogen and oxygen atoms in total. The molecular weight excluding hydrogens is 179 g/mol. The lowest BCUT2D eigenvalue weighted by Crippen LogP contribution is -2.30. The molecule has 2 aromatic rings. The van der Waals surface area contributed by atoms with E-state index in [-0.39, 0.29) is 0 Å². The maximum absolute atomic E-state index is 9.10. The van der Waals surface area contributed by atoms with Crippen LogP contribution in [0.15, 0.2) is 30.6 Å². The zero-order valence-electron chi connectivity index (χ0n) is 7.38. The van der Waals surface area contributed by atoms with Crippen LogP contribution in [0.25, 0.3) is 10.8 Å². The van der Waals surface area contributed by atoms with E-state index in [0.29, 0.717) is 16.5 Å². The summed E-state index contributed by atoms with van der Waals surface area (Å²) in [7, 11) is -1.50. The first-order valence-electron chi connectivity index (χ1n) is 4.18. The molecule has 4 N–H and O–H groups in total. The minimum absolute atomic E-state index is 0.419. The van der Waals surface area contributed by atoms with Gasteiger partial charge in [0.25, 0.3) is 0 Å². The summed E-state index contributed by atoms with van der Waals surface area (Å²) >= 11 is 0. The molecule has 2 rings (SSSR count). The van der Waals surface area contributed by atoms with Crippen molar-refractivity contribution >= 4 is 29.0 Å². The smallest absolute Gasteiger partial charge is 0.423 e. The van der Waals surface area contributed by atoms with Crippen LogP contribution in [0.1, 0.15) is 0 Å². The van der Waals surface area contributed by atoms with Gasteiger partial charge in [0.2, 0.25) is 0 Å². The first kappa shape index (κ1) is 8.99. The Kier molecular flexibility index (Phi) is 2.11. The average Bonchev–Trinajstić information content (AvgIpc) is 2.17. The van der Waals surface area contributed by atoms with Gasteiger partial charge in [0.05, 0.1) is 11.9 Å². The van der Waals surface area contributed by atoms with Gasteiger partial charge in [-0.1, -0.05) is 18.2 Å². The Hall–Kier alpha value is -1.59. The fourth-order valence-electron chi connectivity index (χ4n) is 1.47. The monoisotopic (exact) mass is 188 g/mol. The maximum atomic E-state index is 9.10. The summed E-state index contributed by atoms with van der Waals surface area (Å²) in [6, 6.07) is 5.18. The van der Waals surface area contributed by atoms with Crippen molar-refractivity contribution in [3.63, 3.8) is 0 Å². The summed E-state index contributed by atoms with van der Waals surface area (Å²) in [4.78, 5) is 3.91. The summed E-state index contributed by atoms with van der Waals surface area (Å²) in [6.07, 6.45) is 3.11. The number of aromatic nitrogens is 1. The number of rotatable bonds is 1. The Balaban J connectivity index is 2.81. The summed E-state index contributed by atoms with van der Waals surface area (Å²) in [5.74, 6) is 0. The highest BCUT2D eigenvalue weighted by Gasteiger charge is 2.14. The second-order valence-electron chi connectivity index (χ2n) is 3.04. The standard InChI is InChI=1S/C9H9BN2O2/c11-9-5-12-4-7-6(9)2-1-3-8(7)10(13)14/h1-5,13-14H,11H2. The van der Waals surface area contributed by atoms with Crippen LogP contribution in [0.2, 0.25) is 0 Å². The Bertz CT molecular complexity index is 473. The van der Waals surface area contributed by atoms with Crippen molar-refractivity contribution in [2.45, 2.75) is 0 Å². The molecular formula is C9H9BN2O2. The van der Waals surface area contributed by atoms with Gasteiger partial charge in [0.15, 0.2) is 0 Å². The second kappa shape index (κ2) is 3.28. The van der Waals surface area contributed by atoms with E-state index in [1.165, 1.54) is 6.20 Å². The quantitative estimate of drug-likeness (QED) is 0.527. The molecule has 0 fully saturated rings. The Morgan fingerprint density at radius 3 is 2.64 bits per heavy atom. The second-order valence-corrected chi connectivity index (χ2v) is 3.04. The normalized spacial score (nSPS) is 10.4. The van der Waals surface area contributed by atoms with E-state index in [1.54, 1.807) is 18.3 Å². The predicted molar refractivity (Wildman–Crippen MR) is 56.0 cm³/mol. The Morgan fingerprint density at radius 2 is 1.93 bits per heavy atom. The van der Waals surface area contributed by atoms with E-state index >= 15 is 0 Å². The Labute approximate surface area is 81.2 Å². The van der Waals surface area contributed by atoms with Gasteiger partial charge < -0.3 is 15.8 Å². The molecule has 0 aliphatic carbocycles. The van der Waals surface area contributed by atoms with Crippen molar-refractivity contribution in [1.29, 1.82) is 0 Å². The van der Waals surface area contributed by atoms with Crippen LogP contribution in [-0.4, -0.2) is 22.2 Å². The third-order valence-electron chi connectivity index (χ3n) is 2.15. The fourth-order valence-corrected chi connectivity index (χ4v) is 1.47. The molecule has 1 heterocycles. The van der Waals surface area contributed by atoms with Crippen molar-refractivity contribution in [3.05, 3.63) is 30.6 Å². The number of fused-ring (bicyclic) bond motifs is 1. The molecule has 5 heteroatoms. The Morgan fingerprint density at radius 1 is 1.14 bits per heavy atom. The number of hydrogen-bond donors (Lipinski definition) is 3. The van der Waals surface area contributed by atoms with Crippen LogP contribution in [0, 0.1) is 0 Å². The van der Waals surface area contributed by atoms with Gasteiger partial charge in [-0.25, -0.2) is 0 Å². The minimum Gasteiger partial charge on any atom is -0.423 e. The number of hydrogen-bond acceptors (Lipinski definition) is 4. The molecule has 1 aromatic heterocycles. The third-order valence-corrected chi connectivity index (χ3v) is 2.15. The van der Waals surface area contributed by atoms with Gasteiger partial charge in [-0.15, -0.1) is 0 Å². The molecule has 0 amide bonds. The SMILES string of the molecule is Nc1cncc2c(B(O)O)cccc12. The van der Waals surface area contributed by atoms with Gasteiger partial charge in [0.1, 0.15) is 0 Å². The topological polar surface area (TPSA) is 79.4 Å². The highest BCUT2D eigenvalue weighted by Crippen LogP contribution is 2.17. The molecule has 0 radical (unpaired) electrons. The zero-order chi connectivity index (χ0) is 10.1. The van der Waals surface area contributed by atoms with Gasteiger partial charge in [-0.2, -0.15) is 0 Å². The van der Waals surface area contributed by atoms with Crippen molar-refractivity contribution < 1.29 is 10.0 Å². The molecule has 0 bridgehead atoms. The summed E-state index contributed by atoms with van der Waals surface area (Å²) in [5, 5.41) is 19.7. The molecule has 0 unspecified atom stereocenters. The molecule has 70 valence electrons. The zero-order valence-corrected chi connectivity index (χ0v) is 7.38. The molecule has 0 aliphatic heterocycles. The average molecular weight is 188 g/mol. The van der Waals surface area contributed by atoms with E-state index in [4.69, 9.17) is 15.8 Å². The summed E-state index contributed by atoms with van der Waals surface area (Å²) < 4.78 is 0. The summed E-state index contributed by atoms with van der Waals surface area (Å²) in [6.45, 7) is 0. The van der Waals surface area contributed by atoms with Crippen LogP contribution in [0.4, 0.5) is 5.69 Å². The highest BCUT2D eigenvalue weighted by atomic mass is 16.4. The minimum atomic E-state index is -1.50. The van der Waals surface area contributed by atoms with Crippen molar-refractivity contribution in [1.82, 2.24) is 4.98 Å². The molecule has 0 saturated carbocycles. The van der Waals surface area contributed by atoms with Gasteiger partial charge in [0, 0.05) is 17.0 Å². The van der Waals surface area contributed by atoms with E-state index < -0.39 is 7.12 Å². The van der Waals surface area contributed by atoms with Crippen LogP contribution in [-0.2, 0) is 0 Å². The summed E-state index contributed by atoms with van der Waals surface area (Å²) in [5.41, 5.74) is 6.65. The number of pyridine rings is 1. The lowest BCUT2D eigenvalue weighted by molar-refractivity contribution is 0.426. The number of nitrogens with zero attached hydrogens (tertiary/aromatic N) is 1. The van der Waals surface area contributed by atoms with Crippen LogP contribution < -0.4 is 11.2 Å². The van der Waals surface area contributed by atoms with E-state index in [1.807, 2.05) is 6.07 Å². The van der Waals surface area contributed by atoms with Gasteiger partial charge in [-0.3, -0.25) is 4.98 Å². The third kappa shape index (κ3) is 1.32. The lowest BCUT2D eigenvalue weighted by atomic mass is 9.77. The van der Waals surface area contributed by atoms with Gasteiger partial charge in [-0.05, 0) is 5.46 Å². The number of benzene rings is 1. The fraction of sp³-hybridized carbons (Fsp3) is 0.